The first-order chi connectivity index (χ1) is 8.69. The van der Waals surface area contributed by atoms with E-state index in [9.17, 15) is 4.79 Å². The van der Waals surface area contributed by atoms with Crippen molar-refractivity contribution >= 4 is 22.4 Å². The van der Waals surface area contributed by atoms with Crippen LogP contribution >= 0.6 is 11.5 Å². The van der Waals surface area contributed by atoms with Crippen molar-refractivity contribution in [3.63, 3.8) is 0 Å². The van der Waals surface area contributed by atoms with Crippen LogP contribution < -0.4 is 10.6 Å². The van der Waals surface area contributed by atoms with E-state index in [1.807, 2.05) is 18.9 Å². The Bertz CT molecular complexity index is 404. The van der Waals surface area contributed by atoms with Gasteiger partial charge >= 0.3 is 0 Å². The van der Waals surface area contributed by atoms with Crippen LogP contribution in [0.25, 0.3) is 0 Å². The molecule has 0 aromatic carbocycles. The Labute approximate surface area is 111 Å². The van der Waals surface area contributed by atoms with Crippen molar-refractivity contribution in [1.82, 2.24) is 19.8 Å². The third-order valence-electron chi connectivity index (χ3n) is 2.67. The second-order valence-corrected chi connectivity index (χ2v) is 5.35. The quantitative estimate of drug-likeness (QED) is 0.762. The molecule has 0 aliphatic heterocycles. The van der Waals surface area contributed by atoms with E-state index in [4.69, 9.17) is 0 Å². The topological polar surface area (TPSA) is 70.2 Å². The van der Waals surface area contributed by atoms with E-state index in [1.54, 1.807) is 0 Å². The Morgan fingerprint density at radius 2 is 2.33 bits per heavy atom. The number of hydrogen-bond donors (Lipinski definition) is 2. The molecule has 7 heteroatoms. The number of nitrogens with one attached hydrogen (secondary N) is 2. The monoisotopic (exact) mass is 269 g/mol. The summed E-state index contributed by atoms with van der Waals surface area (Å²) < 4.78 is 3.93. The molecular weight excluding hydrogens is 250 g/mol. The van der Waals surface area contributed by atoms with Crippen LogP contribution in [0.3, 0.4) is 0 Å². The van der Waals surface area contributed by atoms with Crippen LogP contribution in [0.5, 0.6) is 0 Å². The molecule has 1 saturated carbocycles. The van der Waals surface area contributed by atoms with Gasteiger partial charge < -0.3 is 10.6 Å². The minimum absolute atomic E-state index is 0.0909. The summed E-state index contributed by atoms with van der Waals surface area (Å²) in [7, 11) is 1.92. The van der Waals surface area contributed by atoms with Gasteiger partial charge in [0, 0.05) is 30.7 Å². The van der Waals surface area contributed by atoms with Gasteiger partial charge in [-0.15, -0.1) is 5.10 Å². The van der Waals surface area contributed by atoms with Crippen molar-refractivity contribution in [2.24, 2.45) is 0 Å². The molecule has 0 atom stereocenters. The molecule has 0 spiro atoms. The molecule has 1 amide bonds. The van der Waals surface area contributed by atoms with Crippen LogP contribution in [-0.4, -0.2) is 46.6 Å². The number of likely N-dealkylation sites (N-methyl/N-ethyl adjacent to an activating group) is 1. The maximum absolute atomic E-state index is 11.6. The predicted molar refractivity (Wildman–Crippen MR) is 71.6 cm³/mol. The zero-order chi connectivity index (χ0) is 13.0. The van der Waals surface area contributed by atoms with E-state index in [2.05, 4.69) is 20.2 Å². The Morgan fingerprint density at radius 1 is 1.56 bits per heavy atom. The van der Waals surface area contributed by atoms with E-state index in [0.29, 0.717) is 19.1 Å². The van der Waals surface area contributed by atoms with E-state index < -0.39 is 0 Å². The van der Waals surface area contributed by atoms with Crippen LogP contribution in [0.15, 0.2) is 0 Å². The summed E-state index contributed by atoms with van der Waals surface area (Å²) >= 11 is 1.36. The number of amides is 1. The van der Waals surface area contributed by atoms with E-state index in [1.165, 1.54) is 11.5 Å². The Morgan fingerprint density at radius 3 is 3.00 bits per heavy atom. The summed E-state index contributed by atoms with van der Waals surface area (Å²) in [5.74, 6) is 0.0909. The van der Waals surface area contributed by atoms with Gasteiger partial charge in [0.05, 0.1) is 6.54 Å². The first-order valence-electron chi connectivity index (χ1n) is 6.22. The van der Waals surface area contributed by atoms with Gasteiger partial charge in [-0.3, -0.25) is 9.69 Å². The number of carbonyl (C=O) groups is 1. The fourth-order valence-electron chi connectivity index (χ4n) is 1.66. The van der Waals surface area contributed by atoms with Crippen LogP contribution in [0.1, 0.15) is 25.5 Å². The number of carbonyl (C=O) groups excluding carboxylic acids is 1. The van der Waals surface area contributed by atoms with Gasteiger partial charge in [-0.25, -0.2) is 0 Å². The minimum Gasteiger partial charge on any atom is -0.374 e. The third kappa shape index (κ3) is 3.92. The Kier molecular flexibility index (Phi) is 4.48. The van der Waals surface area contributed by atoms with Gasteiger partial charge in [0.25, 0.3) is 0 Å². The summed E-state index contributed by atoms with van der Waals surface area (Å²) in [5.41, 5.74) is 0.906. The Balaban J connectivity index is 1.79. The molecule has 1 aliphatic rings. The molecule has 2 N–H and O–H groups in total. The van der Waals surface area contributed by atoms with Crippen LogP contribution in [0.2, 0.25) is 0 Å². The molecule has 18 heavy (non-hydrogen) atoms. The molecule has 100 valence electrons. The Hall–Kier alpha value is -1.21. The van der Waals surface area contributed by atoms with Crippen molar-refractivity contribution in [1.29, 1.82) is 0 Å². The highest BCUT2D eigenvalue weighted by Gasteiger charge is 2.23. The second kappa shape index (κ2) is 6.10. The largest absolute Gasteiger partial charge is 0.374 e. The van der Waals surface area contributed by atoms with Crippen molar-refractivity contribution in [3.8, 4) is 0 Å². The molecule has 6 nitrogen and oxygen atoms in total. The van der Waals surface area contributed by atoms with Gasteiger partial charge in [-0.05, 0) is 26.8 Å². The van der Waals surface area contributed by atoms with E-state index in [0.717, 1.165) is 30.1 Å². The zero-order valence-corrected chi connectivity index (χ0v) is 11.6. The summed E-state index contributed by atoms with van der Waals surface area (Å²) in [6.45, 7) is 3.93. The van der Waals surface area contributed by atoms with Gasteiger partial charge in [-0.2, -0.15) is 0 Å². The predicted octanol–water partition coefficient (Wildman–Crippen LogP) is 0.680. The fourth-order valence-corrected chi connectivity index (χ4v) is 2.31. The van der Waals surface area contributed by atoms with Gasteiger partial charge in [0.1, 0.15) is 10.7 Å². The van der Waals surface area contributed by atoms with Crippen LogP contribution in [0, 0.1) is 0 Å². The van der Waals surface area contributed by atoms with Crippen molar-refractivity contribution < 1.29 is 4.79 Å². The lowest BCUT2D eigenvalue weighted by molar-refractivity contribution is -0.122. The average molecular weight is 269 g/mol. The van der Waals surface area contributed by atoms with E-state index >= 15 is 0 Å². The van der Waals surface area contributed by atoms with Crippen molar-refractivity contribution in [2.75, 3.05) is 25.5 Å². The van der Waals surface area contributed by atoms with Crippen molar-refractivity contribution in [3.05, 3.63) is 5.69 Å². The van der Waals surface area contributed by atoms with Crippen molar-refractivity contribution in [2.45, 2.75) is 32.4 Å². The molecule has 2 rings (SSSR count). The number of hydrogen-bond acceptors (Lipinski definition) is 6. The normalized spacial score (nSPS) is 14.8. The molecule has 0 saturated heterocycles. The molecule has 1 fully saturated rings. The van der Waals surface area contributed by atoms with Gasteiger partial charge in [0.15, 0.2) is 0 Å². The highest BCUT2D eigenvalue weighted by molar-refractivity contribution is 7.10. The highest BCUT2D eigenvalue weighted by atomic mass is 32.1. The maximum Gasteiger partial charge on any atom is 0.234 e. The zero-order valence-electron chi connectivity index (χ0n) is 10.8. The summed E-state index contributed by atoms with van der Waals surface area (Å²) in [5, 5.41) is 11.3. The molecule has 0 unspecified atom stereocenters. The smallest absolute Gasteiger partial charge is 0.234 e. The standard InChI is InChI=1S/C11H19N5OS/c1-3-12-11-9(14-15-18-11)6-16(2)7-10(17)13-8-4-5-8/h8,12H,3-7H2,1-2H3,(H,13,17). The first-order valence-corrected chi connectivity index (χ1v) is 6.99. The molecule has 1 heterocycles. The number of aromatic nitrogens is 2. The molecule has 0 radical (unpaired) electrons. The van der Waals surface area contributed by atoms with Gasteiger partial charge in [-0.1, -0.05) is 4.49 Å². The SMILES string of the molecule is CCNc1snnc1CN(C)CC(=O)NC1CC1. The lowest BCUT2D eigenvalue weighted by Crippen LogP contribution is -2.36. The average Bonchev–Trinajstić information content (AvgIpc) is 3.00. The fraction of sp³-hybridized carbons (Fsp3) is 0.727. The second-order valence-electron chi connectivity index (χ2n) is 4.59. The van der Waals surface area contributed by atoms with Crippen LogP contribution in [-0.2, 0) is 11.3 Å². The third-order valence-corrected chi connectivity index (χ3v) is 3.39. The molecule has 1 aliphatic carbocycles. The lowest BCUT2D eigenvalue weighted by atomic mass is 10.4. The molecular formula is C11H19N5OS. The minimum atomic E-state index is 0.0909. The molecule has 0 bridgehead atoms. The summed E-state index contributed by atoms with van der Waals surface area (Å²) in [6, 6.07) is 0.421. The van der Waals surface area contributed by atoms with Gasteiger partial charge in [0.2, 0.25) is 5.91 Å². The maximum atomic E-state index is 11.6. The lowest BCUT2D eigenvalue weighted by Gasteiger charge is -2.15. The molecule has 1 aromatic rings. The van der Waals surface area contributed by atoms with E-state index in [-0.39, 0.29) is 5.91 Å². The van der Waals surface area contributed by atoms with Crippen LogP contribution in [0.4, 0.5) is 5.00 Å². The molecule has 1 aromatic heterocycles. The first kappa shape index (κ1) is 13.2. The number of nitrogens with zero attached hydrogens (tertiary/aromatic N) is 3. The number of anilines is 1. The number of rotatable bonds is 7. The summed E-state index contributed by atoms with van der Waals surface area (Å²) in [6.07, 6.45) is 2.24. The highest BCUT2D eigenvalue weighted by Crippen LogP contribution is 2.19. The summed E-state index contributed by atoms with van der Waals surface area (Å²) in [4.78, 5) is 13.6.